The first-order chi connectivity index (χ1) is 12.8. The van der Waals surface area contributed by atoms with E-state index in [9.17, 15) is 13.2 Å². The van der Waals surface area contributed by atoms with E-state index in [4.69, 9.17) is 0 Å². The Hall–Kier alpha value is -2.34. The molecule has 4 rings (SSSR count). The summed E-state index contributed by atoms with van der Waals surface area (Å²) in [4.78, 5) is 14.7. The lowest BCUT2D eigenvalue weighted by Gasteiger charge is -2.22. The Labute approximate surface area is 160 Å². The number of anilines is 2. The number of benzene rings is 2. The van der Waals surface area contributed by atoms with E-state index in [1.165, 1.54) is 0 Å². The fourth-order valence-corrected chi connectivity index (χ4v) is 5.06. The zero-order valence-corrected chi connectivity index (χ0v) is 16.6. The van der Waals surface area contributed by atoms with Gasteiger partial charge in [-0.05, 0) is 74.9 Å². The van der Waals surface area contributed by atoms with E-state index in [0.717, 1.165) is 35.2 Å². The lowest BCUT2D eigenvalue weighted by atomic mass is 10.1. The zero-order valence-electron chi connectivity index (χ0n) is 15.8. The molecule has 1 aliphatic carbocycles. The van der Waals surface area contributed by atoms with Gasteiger partial charge in [0.1, 0.15) is 0 Å². The van der Waals surface area contributed by atoms with Crippen LogP contribution in [0.3, 0.4) is 0 Å². The van der Waals surface area contributed by atoms with Crippen molar-refractivity contribution in [2.75, 3.05) is 9.62 Å². The lowest BCUT2D eigenvalue weighted by Crippen LogP contribution is -2.36. The highest BCUT2D eigenvalue weighted by molar-refractivity contribution is 7.92. The summed E-state index contributed by atoms with van der Waals surface area (Å²) in [6, 6.07) is 10.8. The number of para-hydroxylation sites is 1. The van der Waals surface area contributed by atoms with Crippen LogP contribution in [0.25, 0.3) is 0 Å². The van der Waals surface area contributed by atoms with Gasteiger partial charge in [-0.25, -0.2) is 8.42 Å². The van der Waals surface area contributed by atoms with Crippen molar-refractivity contribution in [1.29, 1.82) is 0 Å². The van der Waals surface area contributed by atoms with Crippen molar-refractivity contribution in [3.8, 4) is 0 Å². The summed E-state index contributed by atoms with van der Waals surface area (Å²) in [6.45, 7) is 5.79. The second-order valence-corrected chi connectivity index (χ2v) is 9.38. The van der Waals surface area contributed by atoms with Gasteiger partial charge in [0.25, 0.3) is 10.0 Å². The number of nitrogens with zero attached hydrogens (tertiary/aromatic N) is 1. The van der Waals surface area contributed by atoms with Gasteiger partial charge >= 0.3 is 0 Å². The largest absolute Gasteiger partial charge is 0.309 e. The molecule has 1 N–H and O–H groups in total. The number of carbonyl (C=O) groups excluding carboxylic acids is 1. The van der Waals surface area contributed by atoms with E-state index in [-0.39, 0.29) is 22.8 Å². The Morgan fingerprint density at radius 1 is 1.11 bits per heavy atom. The number of hydrogen-bond acceptors (Lipinski definition) is 3. The molecule has 142 valence electrons. The molecule has 0 bridgehead atoms. The molecule has 0 aromatic heterocycles. The van der Waals surface area contributed by atoms with Gasteiger partial charge in [-0.2, -0.15) is 0 Å². The molecule has 2 aromatic carbocycles. The highest BCUT2D eigenvalue weighted by Gasteiger charge is 2.39. The van der Waals surface area contributed by atoms with Crippen molar-refractivity contribution < 1.29 is 13.2 Å². The first kappa shape index (κ1) is 18.0. The van der Waals surface area contributed by atoms with Crippen molar-refractivity contribution in [1.82, 2.24) is 0 Å². The number of hydrogen-bond donors (Lipinski definition) is 1. The lowest BCUT2D eigenvalue weighted by molar-refractivity contribution is -0.120. The first-order valence-electron chi connectivity index (χ1n) is 9.33. The Balaban J connectivity index is 1.66. The molecule has 1 amide bonds. The second-order valence-electron chi connectivity index (χ2n) is 7.70. The number of fused-ring (bicyclic) bond motifs is 1. The van der Waals surface area contributed by atoms with Crippen LogP contribution in [0.4, 0.5) is 11.4 Å². The number of aryl methyl sites for hydroxylation is 2. The summed E-state index contributed by atoms with van der Waals surface area (Å²) in [5.74, 6) is 0.318. The molecule has 27 heavy (non-hydrogen) atoms. The van der Waals surface area contributed by atoms with Crippen molar-refractivity contribution in [3.63, 3.8) is 0 Å². The molecule has 1 fully saturated rings. The van der Waals surface area contributed by atoms with Gasteiger partial charge in [0.15, 0.2) is 0 Å². The van der Waals surface area contributed by atoms with Gasteiger partial charge in [0.05, 0.1) is 10.6 Å². The molecule has 5 nitrogen and oxygen atoms in total. The molecule has 1 atom stereocenters. The summed E-state index contributed by atoms with van der Waals surface area (Å²) in [6.07, 6.45) is 2.60. The highest BCUT2D eigenvalue weighted by atomic mass is 32.2. The predicted octanol–water partition coefficient (Wildman–Crippen LogP) is 3.79. The molecule has 1 unspecified atom stereocenters. The second kappa shape index (κ2) is 6.37. The van der Waals surface area contributed by atoms with E-state index in [1.54, 1.807) is 18.2 Å². The van der Waals surface area contributed by atoms with Gasteiger partial charge in [-0.3, -0.25) is 9.52 Å². The van der Waals surface area contributed by atoms with E-state index in [0.29, 0.717) is 12.1 Å². The summed E-state index contributed by atoms with van der Waals surface area (Å²) in [5.41, 5.74) is 4.16. The van der Waals surface area contributed by atoms with Gasteiger partial charge in [-0.15, -0.1) is 0 Å². The Morgan fingerprint density at radius 3 is 2.41 bits per heavy atom. The number of rotatable bonds is 4. The smallest absolute Gasteiger partial charge is 0.261 e. The quantitative estimate of drug-likeness (QED) is 0.872. The maximum atomic E-state index is 12.9. The Morgan fingerprint density at radius 2 is 1.78 bits per heavy atom. The number of carbonyl (C=O) groups is 1. The minimum Gasteiger partial charge on any atom is -0.309 e. The molecular weight excluding hydrogens is 360 g/mol. The van der Waals surface area contributed by atoms with Crippen LogP contribution in [0, 0.1) is 19.8 Å². The molecule has 0 spiro atoms. The minimum absolute atomic E-state index is 0.0672. The van der Waals surface area contributed by atoms with Gasteiger partial charge in [-0.1, -0.05) is 18.2 Å². The fourth-order valence-electron chi connectivity index (χ4n) is 3.81. The predicted molar refractivity (Wildman–Crippen MR) is 107 cm³/mol. The van der Waals surface area contributed by atoms with Crippen LogP contribution in [0.1, 0.15) is 36.5 Å². The molecule has 1 saturated carbocycles. The van der Waals surface area contributed by atoms with Crippen LogP contribution in [0.2, 0.25) is 0 Å². The van der Waals surface area contributed by atoms with Crippen LogP contribution in [-0.2, 0) is 21.2 Å². The molecular formula is C21H24N2O3S. The first-order valence-corrected chi connectivity index (χ1v) is 10.8. The van der Waals surface area contributed by atoms with Crippen LogP contribution in [-0.4, -0.2) is 20.4 Å². The van der Waals surface area contributed by atoms with Crippen LogP contribution >= 0.6 is 0 Å². The normalized spacial score (nSPS) is 19.1. The number of amides is 1. The molecule has 6 heteroatoms. The molecule has 0 saturated heterocycles. The molecule has 0 radical (unpaired) electrons. The average molecular weight is 385 g/mol. The van der Waals surface area contributed by atoms with Gasteiger partial charge in [0, 0.05) is 17.6 Å². The maximum absolute atomic E-state index is 12.9. The molecule has 2 aromatic rings. The van der Waals surface area contributed by atoms with Crippen LogP contribution in [0.5, 0.6) is 0 Å². The third kappa shape index (κ3) is 3.23. The summed E-state index contributed by atoms with van der Waals surface area (Å²) in [5, 5.41) is 0. The minimum atomic E-state index is -3.69. The van der Waals surface area contributed by atoms with Gasteiger partial charge in [0.2, 0.25) is 5.91 Å². The van der Waals surface area contributed by atoms with Gasteiger partial charge < -0.3 is 4.90 Å². The molecule has 1 heterocycles. The standard InChI is InChI=1S/C21H24N2O3S/c1-13-5-4-6-14(2)20(13)22-27(25,26)18-9-10-19-17(12-18)11-15(3)23(19)21(24)16-7-8-16/h4-6,9-10,12,15-16,22H,7-8,11H2,1-3H3. The maximum Gasteiger partial charge on any atom is 0.261 e. The third-order valence-corrected chi connectivity index (χ3v) is 6.81. The summed E-state index contributed by atoms with van der Waals surface area (Å²) < 4.78 is 28.6. The topological polar surface area (TPSA) is 66.5 Å². The van der Waals surface area contributed by atoms with E-state index >= 15 is 0 Å². The third-order valence-electron chi connectivity index (χ3n) is 5.46. The number of sulfonamides is 1. The van der Waals surface area contributed by atoms with Crippen LogP contribution in [0.15, 0.2) is 41.3 Å². The van der Waals surface area contributed by atoms with Crippen molar-refractivity contribution >= 4 is 27.3 Å². The highest BCUT2D eigenvalue weighted by Crippen LogP contribution is 2.39. The summed E-state index contributed by atoms with van der Waals surface area (Å²) in [7, 11) is -3.69. The SMILES string of the molecule is Cc1cccc(C)c1NS(=O)(=O)c1ccc2c(c1)CC(C)N2C(=O)C1CC1. The van der Waals surface area contributed by atoms with Crippen molar-refractivity contribution in [2.24, 2.45) is 5.92 Å². The fraction of sp³-hybridized carbons (Fsp3) is 0.381. The van der Waals surface area contributed by atoms with E-state index in [2.05, 4.69) is 4.72 Å². The monoisotopic (exact) mass is 384 g/mol. The Kier molecular flexibility index (Phi) is 4.26. The Bertz CT molecular complexity index is 1010. The average Bonchev–Trinajstić information content (AvgIpc) is 3.40. The zero-order chi connectivity index (χ0) is 19.3. The van der Waals surface area contributed by atoms with E-state index < -0.39 is 10.0 Å². The van der Waals surface area contributed by atoms with E-state index in [1.807, 2.05) is 43.9 Å². The van der Waals surface area contributed by atoms with Crippen LogP contribution < -0.4 is 9.62 Å². The van der Waals surface area contributed by atoms with Crippen molar-refractivity contribution in [2.45, 2.75) is 51.0 Å². The molecule has 2 aliphatic rings. The number of nitrogens with one attached hydrogen (secondary N) is 1. The molecule has 1 aliphatic heterocycles. The summed E-state index contributed by atoms with van der Waals surface area (Å²) >= 11 is 0. The van der Waals surface area contributed by atoms with Crippen molar-refractivity contribution in [3.05, 3.63) is 53.1 Å².